The fourth-order valence-corrected chi connectivity index (χ4v) is 3.24. The third-order valence-corrected chi connectivity index (χ3v) is 4.45. The predicted molar refractivity (Wildman–Crippen MR) is 89.0 cm³/mol. The van der Waals surface area contributed by atoms with Crippen molar-refractivity contribution in [3.63, 3.8) is 0 Å². The van der Waals surface area contributed by atoms with Gasteiger partial charge in [0, 0.05) is 12.6 Å². The molecule has 5 nitrogen and oxygen atoms in total. The van der Waals surface area contributed by atoms with Crippen LogP contribution < -0.4 is 4.74 Å². The first-order valence-corrected chi connectivity index (χ1v) is 8.12. The van der Waals surface area contributed by atoms with Crippen LogP contribution in [0.25, 0.3) is 5.69 Å². The molecule has 122 valence electrons. The molecule has 1 aromatic heterocycles. The molecule has 0 bridgehead atoms. The van der Waals surface area contributed by atoms with Crippen LogP contribution in [0.15, 0.2) is 36.5 Å². The SMILES string of the molecule is COc1cn(-c2ccccc2)nc1C(=O)N1CCC[C@H]1C(C)C. The van der Waals surface area contributed by atoms with Crippen LogP contribution in [-0.2, 0) is 0 Å². The lowest BCUT2D eigenvalue weighted by molar-refractivity contribution is 0.0691. The van der Waals surface area contributed by atoms with E-state index in [0.717, 1.165) is 25.1 Å². The number of para-hydroxylation sites is 1. The lowest BCUT2D eigenvalue weighted by Gasteiger charge is -2.27. The molecule has 0 aliphatic carbocycles. The summed E-state index contributed by atoms with van der Waals surface area (Å²) in [5, 5.41) is 4.49. The summed E-state index contributed by atoms with van der Waals surface area (Å²) in [4.78, 5) is 14.9. The summed E-state index contributed by atoms with van der Waals surface area (Å²) < 4.78 is 7.09. The fourth-order valence-electron chi connectivity index (χ4n) is 3.24. The van der Waals surface area contributed by atoms with E-state index in [1.54, 1.807) is 18.0 Å². The molecule has 0 saturated carbocycles. The van der Waals surface area contributed by atoms with Gasteiger partial charge < -0.3 is 9.64 Å². The number of hydrogen-bond donors (Lipinski definition) is 0. The third-order valence-electron chi connectivity index (χ3n) is 4.45. The fraction of sp³-hybridized carbons (Fsp3) is 0.444. The molecule has 1 aliphatic rings. The zero-order chi connectivity index (χ0) is 16.4. The van der Waals surface area contributed by atoms with Crippen LogP contribution in [0.2, 0.25) is 0 Å². The third kappa shape index (κ3) is 2.96. The maximum absolute atomic E-state index is 13.0. The van der Waals surface area contributed by atoms with Crippen LogP contribution in [0.3, 0.4) is 0 Å². The largest absolute Gasteiger partial charge is 0.493 e. The Bertz CT molecular complexity index is 679. The predicted octanol–water partition coefficient (Wildman–Crippen LogP) is 3.14. The number of ether oxygens (including phenoxy) is 1. The van der Waals surface area contributed by atoms with E-state index in [9.17, 15) is 4.79 Å². The smallest absolute Gasteiger partial charge is 0.278 e. The minimum absolute atomic E-state index is 0.0345. The van der Waals surface area contributed by atoms with Crippen molar-refractivity contribution in [2.24, 2.45) is 5.92 Å². The molecule has 0 spiro atoms. The first kappa shape index (κ1) is 15.6. The minimum atomic E-state index is -0.0345. The van der Waals surface area contributed by atoms with Crippen LogP contribution in [0.5, 0.6) is 5.75 Å². The molecule has 1 fully saturated rings. The normalized spacial score (nSPS) is 17.7. The summed E-state index contributed by atoms with van der Waals surface area (Å²) >= 11 is 0. The Balaban J connectivity index is 1.93. The van der Waals surface area contributed by atoms with Gasteiger partial charge in [-0.1, -0.05) is 32.0 Å². The van der Waals surface area contributed by atoms with Gasteiger partial charge >= 0.3 is 0 Å². The van der Waals surface area contributed by atoms with Crippen LogP contribution in [0.1, 0.15) is 37.2 Å². The molecule has 1 atom stereocenters. The van der Waals surface area contributed by atoms with Crippen LogP contribution in [0, 0.1) is 5.92 Å². The summed E-state index contributed by atoms with van der Waals surface area (Å²) in [5.41, 5.74) is 1.30. The second kappa shape index (κ2) is 6.44. The summed E-state index contributed by atoms with van der Waals surface area (Å²) in [6.07, 6.45) is 3.88. The highest BCUT2D eigenvalue weighted by Crippen LogP contribution is 2.28. The Hall–Kier alpha value is -2.30. The molecular formula is C18H23N3O2. The van der Waals surface area contributed by atoms with E-state index in [1.807, 2.05) is 35.2 Å². The van der Waals surface area contributed by atoms with Crippen molar-refractivity contribution in [2.45, 2.75) is 32.7 Å². The molecule has 2 aromatic rings. The van der Waals surface area contributed by atoms with Crippen molar-refractivity contribution in [2.75, 3.05) is 13.7 Å². The van der Waals surface area contributed by atoms with Gasteiger partial charge in [0.25, 0.3) is 5.91 Å². The van der Waals surface area contributed by atoms with Gasteiger partial charge in [-0.3, -0.25) is 4.79 Å². The number of aromatic nitrogens is 2. The number of hydrogen-bond acceptors (Lipinski definition) is 3. The lowest BCUT2D eigenvalue weighted by Crippen LogP contribution is -2.38. The zero-order valence-corrected chi connectivity index (χ0v) is 13.9. The first-order chi connectivity index (χ1) is 11.1. The molecule has 0 radical (unpaired) electrons. The van der Waals surface area contributed by atoms with E-state index < -0.39 is 0 Å². The maximum Gasteiger partial charge on any atom is 0.278 e. The Labute approximate surface area is 136 Å². The van der Waals surface area contributed by atoms with Crippen molar-refractivity contribution in [1.29, 1.82) is 0 Å². The molecule has 0 N–H and O–H groups in total. The summed E-state index contributed by atoms with van der Waals surface area (Å²) in [6, 6.07) is 10.0. The van der Waals surface area contributed by atoms with Gasteiger partial charge in [-0.25, -0.2) is 4.68 Å². The highest BCUT2D eigenvalue weighted by Gasteiger charge is 2.34. The Morgan fingerprint density at radius 2 is 2.04 bits per heavy atom. The van der Waals surface area contributed by atoms with Gasteiger partial charge in [0.2, 0.25) is 0 Å². The average Bonchev–Trinajstić information content (AvgIpc) is 3.22. The Morgan fingerprint density at radius 1 is 1.30 bits per heavy atom. The number of carbonyl (C=O) groups is 1. The number of rotatable bonds is 4. The highest BCUT2D eigenvalue weighted by molar-refractivity contribution is 5.95. The van der Waals surface area contributed by atoms with Gasteiger partial charge in [-0.05, 0) is 30.9 Å². The molecule has 1 aliphatic heterocycles. The molecule has 5 heteroatoms. The van der Waals surface area contributed by atoms with Crippen molar-refractivity contribution < 1.29 is 9.53 Å². The molecule has 1 amide bonds. The monoisotopic (exact) mass is 313 g/mol. The molecule has 23 heavy (non-hydrogen) atoms. The molecule has 3 rings (SSSR count). The summed E-state index contributed by atoms with van der Waals surface area (Å²) in [6.45, 7) is 5.12. The highest BCUT2D eigenvalue weighted by atomic mass is 16.5. The second-order valence-corrected chi connectivity index (χ2v) is 6.28. The molecule has 1 aromatic carbocycles. The number of carbonyl (C=O) groups excluding carboxylic acids is 1. The van der Waals surface area contributed by atoms with Gasteiger partial charge in [0.15, 0.2) is 11.4 Å². The summed E-state index contributed by atoms with van der Waals surface area (Å²) in [7, 11) is 1.58. The van der Waals surface area contributed by atoms with E-state index in [1.165, 1.54) is 0 Å². The second-order valence-electron chi connectivity index (χ2n) is 6.28. The van der Waals surface area contributed by atoms with E-state index in [0.29, 0.717) is 17.4 Å². The number of likely N-dealkylation sites (tertiary alicyclic amines) is 1. The van der Waals surface area contributed by atoms with Crippen molar-refractivity contribution >= 4 is 5.91 Å². The van der Waals surface area contributed by atoms with Gasteiger partial charge in [-0.15, -0.1) is 0 Å². The number of benzene rings is 1. The Kier molecular flexibility index (Phi) is 4.37. The van der Waals surface area contributed by atoms with Crippen LogP contribution in [0.4, 0.5) is 0 Å². The van der Waals surface area contributed by atoms with E-state index in [4.69, 9.17) is 4.74 Å². The van der Waals surface area contributed by atoms with Crippen molar-refractivity contribution in [3.8, 4) is 11.4 Å². The quantitative estimate of drug-likeness (QED) is 0.871. The number of methoxy groups -OCH3 is 1. The number of nitrogens with zero attached hydrogens (tertiary/aromatic N) is 3. The molecular weight excluding hydrogens is 290 g/mol. The van der Waals surface area contributed by atoms with Gasteiger partial charge in [0.05, 0.1) is 19.0 Å². The average molecular weight is 313 g/mol. The van der Waals surface area contributed by atoms with Crippen LogP contribution >= 0.6 is 0 Å². The standard InChI is InChI=1S/C18H23N3O2/c1-13(2)15-10-7-11-20(15)18(22)17-16(23-3)12-21(19-17)14-8-5-4-6-9-14/h4-6,8-9,12-13,15H,7,10-11H2,1-3H3/t15-/m0/s1. The first-order valence-electron chi connectivity index (χ1n) is 8.12. The molecule has 1 saturated heterocycles. The molecule has 2 heterocycles. The van der Waals surface area contributed by atoms with E-state index in [-0.39, 0.29) is 11.9 Å². The van der Waals surface area contributed by atoms with Crippen molar-refractivity contribution in [3.05, 3.63) is 42.2 Å². The number of amides is 1. The minimum Gasteiger partial charge on any atom is -0.493 e. The van der Waals surface area contributed by atoms with E-state index in [2.05, 4.69) is 18.9 Å². The molecule has 0 unspecified atom stereocenters. The van der Waals surface area contributed by atoms with Crippen molar-refractivity contribution in [1.82, 2.24) is 14.7 Å². The van der Waals surface area contributed by atoms with Gasteiger partial charge in [0.1, 0.15) is 0 Å². The Morgan fingerprint density at radius 3 is 2.70 bits per heavy atom. The zero-order valence-electron chi connectivity index (χ0n) is 13.9. The summed E-state index contributed by atoms with van der Waals surface area (Å²) in [5.74, 6) is 0.935. The van der Waals surface area contributed by atoms with Gasteiger partial charge in [-0.2, -0.15) is 5.10 Å². The van der Waals surface area contributed by atoms with Crippen LogP contribution in [-0.4, -0.2) is 40.3 Å². The lowest BCUT2D eigenvalue weighted by atomic mass is 10.0. The van der Waals surface area contributed by atoms with E-state index >= 15 is 0 Å². The maximum atomic E-state index is 13.0. The topological polar surface area (TPSA) is 47.4 Å².